The van der Waals surface area contributed by atoms with E-state index in [1.807, 2.05) is 30.3 Å². The molecular formula is C11H10N2O2. The van der Waals surface area contributed by atoms with Crippen molar-refractivity contribution in [1.29, 1.82) is 0 Å². The average Bonchev–Trinajstić information content (AvgIpc) is 2.78. The molecule has 0 radical (unpaired) electrons. The molecule has 1 amide bonds. The number of aromatic amines is 1. The predicted molar refractivity (Wildman–Crippen MR) is 55.5 cm³/mol. The SMILES string of the molecule is O=C(NO)c1cc[nH]c1-c1ccccc1. The Bertz CT molecular complexity index is 462. The molecule has 0 spiro atoms. The summed E-state index contributed by atoms with van der Waals surface area (Å²) in [6, 6.07) is 11.1. The van der Waals surface area contributed by atoms with Crippen LogP contribution in [-0.4, -0.2) is 16.1 Å². The van der Waals surface area contributed by atoms with E-state index >= 15 is 0 Å². The highest BCUT2D eigenvalue weighted by Crippen LogP contribution is 2.21. The zero-order valence-electron chi connectivity index (χ0n) is 7.90. The van der Waals surface area contributed by atoms with Gasteiger partial charge in [0.25, 0.3) is 5.91 Å². The number of hydroxylamine groups is 1. The minimum absolute atomic E-state index is 0.420. The van der Waals surface area contributed by atoms with Crippen LogP contribution in [0.4, 0.5) is 0 Å². The van der Waals surface area contributed by atoms with Crippen molar-refractivity contribution >= 4 is 5.91 Å². The zero-order valence-corrected chi connectivity index (χ0v) is 7.90. The normalized spacial score (nSPS) is 9.93. The van der Waals surface area contributed by atoms with Gasteiger partial charge in [0.2, 0.25) is 0 Å². The van der Waals surface area contributed by atoms with Gasteiger partial charge in [0.05, 0.1) is 11.3 Å². The minimum atomic E-state index is -0.518. The van der Waals surface area contributed by atoms with E-state index in [0.717, 1.165) is 5.56 Å². The summed E-state index contributed by atoms with van der Waals surface area (Å²) in [6.07, 6.45) is 1.66. The second-order valence-electron chi connectivity index (χ2n) is 3.07. The van der Waals surface area contributed by atoms with Crippen molar-refractivity contribution in [1.82, 2.24) is 10.5 Å². The van der Waals surface area contributed by atoms with Crippen molar-refractivity contribution in [2.75, 3.05) is 0 Å². The van der Waals surface area contributed by atoms with Crippen molar-refractivity contribution in [3.63, 3.8) is 0 Å². The molecule has 0 aliphatic rings. The maximum Gasteiger partial charge on any atom is 0.276 e. The molecule has 1 heterocycles. The van der Waals surface area contributed by atoms with E-state index in [1.54, 1.807) is 17.7 Å². The van der Waals surface area contributed by atoms with Gasteiger partial charge in [-0.15, -0.1) is 0 Å². The molecule has 0 fully saturated rings. The van der Waals surface area contributed by atoms with Crippen LogP contribution in [0.15, 0.2) is 42.6 Å². The van der Waals surface area contributed by atoms with Crippen LogP contribution in [0.1, 0.15) is 10.4 Å². The molecule has 0 aliphatic carbocycles. The highest BCUT2D eigenvalue weighted by Gasteiger charge is 2.12. The smallest absolute Gasteiger partial charge is 0.276 e. The van der Waals surface area contributed by atoms with Gasteiger partial charge >= 0.3 is 0 Å². The van der Waals surface area contributed by atoms with Crippen LogP contribution in [0, 0.1) is 0 Å². The monoisotopic (exact) mass is 202 g/mol. The summed E-state index contributed by atoms with van der Waals surface area (Å²) >= 11 is 0. The molecule has 0 atom stereocenters. The van der Waals surface area contributed by atoms with Gasteiger partial charge in [-0.1, -0.05) is 30.3 Å². The topological polar surface area (TPSA) is 65.1 Å². The standard InChI is InChI=1S/C11H10N2O2/c14-11(13-15)9-6-7-12-10(9)8-4-2-1-3-5-8/h1-7,12,15H,(H,13,14). The van der Waals surface area contributed by atoms with E-state index in [4.69, 9.17) is 5.21 Å². The van der Waals surface area contributed by atoms with Crippen LogP contribution in [0.3, 0.4) is 0 Å². The number of rotatable bonds is 2. The largest absolute Gasteiger partial charge is 0.361 e. The molecule has 15 heavy (non-hydrogen) atoms. The average molecular weight is 202 g/mol. The molecular weight excluding hydrogens is 192 g/mol. The van der Waals surface area contributed by atoms with Gasteiger partial charge in [0.15, 0.2) is 0 Å². The number of aromatic nitrogens is 1. The zero-order chi connectivity index (χ0) is 10.7. The summed E-state index contributed by atoms with van der Waals surface area (Å²) in [7, 11) is 0. The van der Waals surface area contributed by atoms with Crippen LogP contribution >= 0.6 is 0 Å². The lowest BCUT2D eigenvalue weighted by atomic mass is 10.1. The summed E-state index contributed by atoms with van der Waals surface area (Å²) in [5, 5.41) is 8.56. The van der Waals surface area contributed by atoms with E-state index in [-0.39, 0.29) is 0 Å². The van der Waals surface area contributed by atoms with Gasteiger partial charge < -0.3 is 4.98 Å². The molecule has 0 saturated carbocycles. The van der Waals surface area contributed by atoms with Gasteiger partial charge in [0, 0.05) is 6.20 Å². The molecule has 0 saturated heterocycles. The molecule has 0 bridgehead atoms. The van der Waals surface area contributed by atoms with E-state index in [0.29, 0.717) is 11.3 Å². The first-order chi connectivity index (χ1) is 7.33. The first kappa shape index (κ1) is 9.48. The number of carbonyl (C=O) groups excluding carboxylic acids is 1. The Morgan fingerprint density at radius 2 is 1.93 bits per heavy atom. The van der Waals surface area contributed by atoms with Gasteiger partial charge in [0.1, 0.15) is 0 Å². The van der Waals surface area contributed by atoms with E-state index in [2.05, 4.69) is 4.98 Å². The Morgan fingerprint density at radius 1 is 1.20 bits per heavy atom. The molecule has 0 aliphatic heterocycles. The van der Waals surface area contributed by atoms with Crippen LogP contribution in [0.25, 0.3) is 11.3 Å². The van der Waals surface area contributed by atoms with Crippen molar-refractivity contribution in [3.05, 3.63) is 48.2 Å². The quantitative estimate of drug-likeness (QED) is 0.513. The Kier molecular flexibility index (Phi) is 2.51. The number of hydrogen-bond acceptors (Lipinski definition) is 2. The van der Waals surface area contributed by atoms with Gasteiger partial charge in [-0.25, -0.2) is 5.48 Å². The second kappa shape index (κ2) is 3.98. The Morgan fingerprint density at radius 3 is 2.60 bits per heavy atom. The fraction of sp³-hybridized carbons (Fsp3) is 0. The number of benzene rings is 1. The summed E-state index contributed by atoms with van der Waals surface area (Å²) in [5.74, 6) is -0.518. The number of hydrogen-bond donors (Lipinski definition) is 3. The van der Waals surface area contributed by atoms with Crippen LogP contribution in [-0.2, 0) is 0 Å². The summed E-state index contributed by atoms with van der Waals surface area (Å²) < 4.78 is 0. The summed E-state index contributed by atoms with van der Waals surface area (Å²) in [4.78, 5) is 14.3. The fourth-order valence-electron chi connectivity index (χ4n) is 1.46. The summed E-state index contributed by atoms with van der Waals surface area (Å²) in [5.41, 5.74) is 3.64. The van der Waals surface area contributed by atoms with Crippen molar-refractivity contribution < 1.29 is 10.0 Å². The second-order valence-corrected chi connectivity index (χ2v) is 3.07. The minimum Gasteiger partial charge on any atom is -0.361 e. The Hall–Kier alpha value is -2.07. The van der Waals surface area contributed by atoms with Gasteiger partial charge in [-0.3, -0.25) is 10.0 Å². The first-order valence-electron chi connectivity index (χ1n) is 4.50. The molecule has 2 aromatic rings. The van der Waals surface area contributed by atoms with Crippen LogP contribution in [0.2, 0.25) is 0 Å². The van der Waals surface area contributed by atoms with Gasteiger partial charge in [-0.2, -0.15) is 0 Å². The number of amides is 1. The number of nitrogens with one attached hydrogen (secondary N) is 2. The molecule has 2 rings (SSSR count). The maximum atomic E-state index is 11.3. The van der Waals surface area contributed by atoms with Crippen molar-refractivity contribution in [2.45, 2.75) is 0 Å². The van der Waals surface area contributed by atoms with Crippen LogP contribution < -0.4 is 5.48 Å². The molecule has 76 valence electrons. The lowest BCUT2D eigenvalue weighted by molar-refractivity contribution is 0.0707. The lowest BCUT2D eigenvalue weighted by Gasteiger charge is -2.01. The highest BCUT2D eigenvalue weighted by atomic mass is 16.5. The lowest BCUT2D eigenvalue weighted by Crippen LogP contribution is -2.18. The highest BCUT2D eigenvalue weighted by molar-refractivity contribution is 5.99. The molecule has 1 aromatic heterocycles. The molecule has 4 heteroatoms. The van der Waals surface area contributed by atoms with Crippen molar-refractivity contribution in [3.8, 4) is 11.3 Å². The number of carbonyl (C=O) groups is 1. The molecule has 0 unspecified atom stereocenters. The van der Waals surface area contributed by atoms with Gasteiger partial charge in [-0.05, 0) is 11.6 Å². The Labute approximate surface area is 86.5 Å². The summed E-state index contributed by atoms with van der Waals surface area (Å²) in [6.45, 7) is 0. The van der Waals surface area contributed by atoms with E-state index in [1.165, 1.54) is 0 Å². The van der Waals surface area contributed by atoms with Crippen LogP contribution in [0.5, 0.6) is 0 Å². The third-order valence-corrected chi connectivity index (χ3v) is 2.16. The van der Waals surface area contributed by atoms with E-state index < -0.39 is 5.91 Å². The van der Waals surface area contributed by atoms with E-state index in [9.17, 15) is 4.79 Å². The third-order valence-electron chi connectivity index (χ3n) is 2.16. The first-order valence-corrected chi connectivity index (χ1v) is 4.50. The number of H-pyrrole nitrogens is 1. The third kappa shape index (κ3) is 1.75. The molecule has 3 N–H and O–H groups in total. The fourth-order valence-corrected chi connectivity index (χ4v) is 1.46. The van der Waals surface area contributed by atoms with Crippen molar-refractivity contribution in [2.24, 2.45) is 0 Å². The Balaban J connectivity index is 2.46. The molecule has 1 aromatic carbocycles. The maximum absolute atomic E-state index is 11.3. The molecule has 4 nitrogen and oxygen atoms in total. The predicted octanol–water partition coefficient (Wildman–Crippen LogP) is 1.80.